The first kappa shape index (κ1) is 12.3. The van der Waals surface area contributed by atoms with Gasteiger partial charge in [0.2, 0.25) is 0 Å². The van der Waals surface area contributed by atoms with Gasteiger partial charge in [0.05, 0.1) is 10.5 Å². The summed E-state index contributed by atoms with van der Waals surface area (Å²) in [4.78, 5) is 21.3. The number of anilines is 1. The van der Waals surface area contributed by atoms with Crippen LogP contribution in [0.1, 0.15) is 47.5 Å². The summed E-state index contributed by atoms with van der Waals surface area (Å²) in [7, 11) is 0. The number of nitro groups is 1. The smallest absolute Gasteiger partial charge is 0.336 e. The number of nitrogens with two attached hydrogens (primary N) is 1. The Balaban J connectivity index is 2.56. The summed E-state index contributed by atoms with van der Waals surface area (Å²) < 4.78 is 0. The van der Waals surface area contributed by atoms with Gasteiger partial charge in [0, 0.05) is 17.8 Å². The minimum atomic E-state index is -1.16. The zero-order chi connectivity index (χ0) is 13.3. The molecule has 0 unspecified atom stereocenters. The molecule has 6 heteroatoms. The Bertz CT molecular complexity index is 507. The highest BCUT2D eigenvalue weighted by Gasteiger charge is 2.27. The second-order valence-corrected chi connectivity index (χ2v) is 4.54. The number of nitro benzene ring substituents is 1. The van der Waals surface area contributed by atoms with Gasteiger partial charge in [-0.05, 0) is 24.3 Å². The summed E-state index contributed by atoms with van der Waals surface area (Å²) >= 11 is 0. The molecule has 3 N–H and O–H groups in total. The lowest BCUT2D eigenvalue weighted by Gasteiger charge is -2.15. The van der Waals surface area contributed by atoms with E-state index in [1.165, 1.54) is 6.07 Å². The molecule has 0 radical (unpaired) electrons. The van der Waals surface area contributed by atoms with Crippen molar-refractivity contribution >= 4 is 17.3 Å². The van der Waals surface area contributed by atoms with Crippen LogP contribution < -0.4 is 5.73 Å². The van der Waals surface area contributed by atoms with Gasteiger partial charge in [0.1, 0.15) is 0 Å². The molecule has 0 spiro atoms. The summed E-state index contributed by atoms with van der Waals surface area (Å²) in [5.41, 5.74) is 6.28. The highest BCUT2D eigenvalue weighted by atomic mass is 16.6. The highest BCUT2D eigenvalue weighted by molar-refractivity contribution is 5.92. The Morgan fingerprint density at radius 2 is 2.00 bits per heavy atom. The van der Waals surface area contributed by atoms with E-state index in [9.17, 15) is 20.0 Å². The Kier molecular flexibility index (Phi) is 3.18. The number of carbonyl (C=O) groups is 1. The standard InChI is InChI=1S/C12H14N2O4/c13-10-6-8(14(17)18)5-9(12(15)16)11(10)7-3-1-2-4-7/h5-7H,1-4,13H2,(H,15,16). The van der Waals surface area contributed by atoms with Crippen molar-refractivity contribution < 1.29 is 14.8 Å². The topological polar surface area (TPSA) is 106 Å². The number of aromatic carboxylic acids is 1. The second-order valence-electron chi connectivity index (χ2n) is 4.54. The fraction of sp³-hybridized carbons (Fsp3) is 0.417. The van der Waals surface area contributed by atoms with Crippen LogP contribution in [0.3, 0.4) is 0 Å². The summed E-state index contributed by atoms with van der Waals surface area (Å²) in [5.74, 6) is -1.05. The first-order chi connectivity index (χ1) is 8.50. The van der Waals surface area contributed by atoms with Gasteiger partial charge in [0.25, 0.3) is 5.69 Å². The molecule has 0 amide bonds. The Hall–Kier alpha value is -2.11. The molecule has 0 atom stereocenters. The molecule has 96 valence electrons. The maximum absolute atomic E-state index is 11.2. The second kappa shape index (κ2) is 4.64. The van der Waals surface area contributed by atoms with E-state index in [0.29, 0.717) is 5.56 Å². The number of carboxylic acids is 1. The lowest BCUT2D eigenvalue weighted by molar-refractivity contribution is -0.384. The van der Waals surface area contributed by atoms with Gasteiger partial charge >= 0.3 is 5.97 Å². The van der Waals surface area contributed by atoms with E-state index in [2.05, 4.69) is 0 Å². The average Bonchev–Trinajstić information content (AvgIpc) is 2.80. The van der Waals surface area contributed by atoms with Crippen molar-refractivity contribution in [2.45, 2.75) is 31.6 Å². The van der Waals surface area contributed by atoms with Crippen LogP contribution in [-0.4, -0.2) is 16.0 Å². The Morgan fingerprint density at radius 3 is 2.50 bits per heavy atom. The predicted molar refractivity (Wildman–Crippen MR) is 65.7 cm³/mol. The zero-order valence-electron chi connectivity index (χ0n) is 9.76. The van der Waals surface area contributed by atoms with E-state index >= 15 is 0 Å². The fourth-order valence-electron chi connectivity index (χ4n) is 2.61. The zero-order valence-corrected chi connectivity index (χ0v) is 9.76. The van der Waals surface area contributed by atoms with E-state index in [1.807, 2.05) is 0 Å². The molecule has 6 nitrogen and oxygen atoms in total. The number of carboxylic acid groups (broad SMARTS) is 1. The number of non-ortho nitro benzene ring substituents is 1. The molecule has 1 aromatic rings. The van der Waals surface area contributed by atoms with Gasteiger partial charge in [-0.2, -0.15) is 0 Å². The summed E-state index contributed by atoms with van der Waals surface area (Å²) in [6.45, 7) is 0. The third-order valence-corrected chi connectivity index (χ3v) is 3.40. The lowest BCUT2D eigenvalue weighted by Crippen LogP contribution is -2.10. The van der Waals surface area contributed by atoms with Crippen LogP contribution in [0, 0.1) is 10.1 Å². The van der Waals surface area contributed by atoms with Crippen molar-refractivity contribution in [2.24, 2.45) is 0 Å². The van der Waals surface area contributed by atoms with Crippen LogP contribution in [-0.2, 0) is 0 Å². The van der Waals surface area contributed by atoms with E-state index in [-0.39, 0.29) is 22.9 Å². The number of hydrogen-bond acceptors (Lipinski definition) is 4. The summed E-state index contributed by atoms with van der Waals surface area (Å²) in [5, 5.41) is 19.9. The minimum Gasteiger partial charge on any atom is -0.478 e. The van der Waals surface area contributed by atoms with E-state index in [1.54, 1.807) is 0 Å². The molecule has 1 saturated carbocycles. The molecule has 0 saturated heterocycles. The number of nitrogen functional groups attached to an aromatic ring is 1. The Labute approximate surface area is 104 Å². The van der Waals surface area contributed by atoms with Gasteiger partial charge in [0.15, 0.2) is 0 Å². The van der Waals surface area contributed by atoms with Gasteiger partial charge in [-0.3, -0.25) is 10.1 Å². The molecule has 18 heavy (non-hydrogen) atoms. The third-order valence-electron chi connectivity index (χ3n) is 3.40. The van der Waals surface area contributed by atoms with Crippen LogP contribution in [0.4, 0.5) is 11.4 Å². The van der Waals surface area contributed by atoms with Crippen LogP contribution in [0.25, 0.3) is 0 Å². The normalized spacial score (nSPS) is 15.8. The Morgan fingerprint density at radius 1 is 1.39 bits per heavy atom. The van der Waals surface area contributed by atoms with Crippen LogP contribution in [0.2, 0.25) is 0 Å². The summed E-state index contributed by atoms with van der Waals surface area (Å²) in [6.07, 6.45) is 3.87. The quantitative estimate of drug-likeness (QED) is 0.487. The van der Waals surface area contributed by atoms with Crippen molar-refractivity contribution in [3.8, 4) is 0 Å². The fourth-order valence-corrected chi connectivity index (χ4v) is 2.61. The van der Waals surface area contributed by atoms with Crippen molar-refractivity contribution in [1.29, 1.82) is 0 Å². The summed E-state index contributed by atoms with van der Waals surface area (Å²) in [6, 6.07) is 2.35. The van der Waals surface area contributed by atoms with Crippen molar-refractivity contribution in [3.05, 3.63) is 33.4 Å². The van der Waals surface area contributed by atoms with Gasteiger partial charge in [-0.15, -0.1) is 0 Å². The average molecular weight is 250 g/mol. The first-order valence-corrected chi connectivity index (χ1v) is 5.82. The van der Waals surface area contributed by atoms with E-state index in [4.69, 9.17) is 5.73 Å². The van der Waals surface area contributed by atoms with E-state index in [0.717, 1.165) is 31.7 Å². The van der Waals surface area contributed by atoms with Crippen molar-refractivity contribution in [2.75, 3.05) is 5.73 Å². The molecule has 1 aromatic carbocycles. The van der Waals surface area contributed by atoms with Gasteiger partial charge < -0.3 is 10.8 Å². The molecule has 0 heterocycles. The van der Waals surface area contributed by atoms with Crippen LogP contribution >= 0.6 is 0 Å². The number of hydrogen-bond donors (Lipinski definition) is 2. The van der Waals surface area contributed by atoms with Crippen LogP contribution in [0.15, 0.2) is 12.1 Å². The maximum Gasteiger partial charge on any atom is 0.336 e. The maximum atomic E-state index is 11.2. The van der Waals surface area contributed by atoms with E-state index < -0.39 is 10.9 Å². The molecule has 1 aliphatic rings. The van der Waals surface area contributed by atoms with Gasteiger partial charge in [-0.25, -0.2) is 4.79 Å². The molecule has 2 rings (SSSR count). The van der Waals surface area contributed by atoms with Crippen molar-refractivity contribution in [3.63, 3.8) is 0 Å². The monoisotopic (exact) mass is 250 g/mol. The largest absolute Gasteiger partial charge is 0.478 e. The number of benzene rings is 1. The molecular formula is C12H14N2O4. The SMILES string of the molecule is Nc1cc([N+](=O)[O-])cc(C(=O)O)c1C1CCCC1. The molecule has 1 aliphatic carbocycles. The molecule has 1 fully saturated rings. The highest BCUT2D eigenvalue weighted by Crippen LogP contribution is 2.40. The molecule has 0 aliphatic heterocycles. The lowest BCUT2D eigenvalue weighted by atomic mass is 9.91. The predicted octanol–water partition coefficient (Wildman–Crippen LogP) is 2.53. The first-order valence-electron chi connectivity index (χ1n) is 5.82. The molecule has 0 aromatic heterocycles. The number of rotatable bonds is 3. The number of nitrogens with zero attached hydrogens (tertiary/aromatic N) is 1. The van der Waals surface area contributed by atoms with Crippen LogP contribution in [0.5, 0.6) is 0 Å². The third kappa shape index (κ3) is 2.13. The van der Waals surface area contributed by atoms with Gasteiger partial charge in [-0.1, -0.05) is 12.8 Å². The molecular weight excluding hydrogens is 236 g/mol. The minimum absolute atomic E-state index is 0.0337. The van der Waals surface area contributed by atoms with Crippen molar-refractivity contribution in [1.82, 2.24) is 0 Å². The molecule has 0 bridgehead atoms.